The van der Waals surface area contributed by atoms with Gasteiger partial charge in [0.15, 0.2) is 17.2 Å². The molecule has 4 heterocycles. The number of piperazine rings is 1. The summed E-state index contributed by atoms with van der Waals surface area (Å²) in [6.45, 7) is 2.84. The number of hydrogen-bond acceptors (Lipinski definition) is 7. The molecule has 40 heavy (non-hydrogen) atoms. The highest BCUT2D eigenvalue weighted by atomic mass is 35.5. The molecule has 4 aromatic rings. The molecule has 11 nitrogen and oxygen atoms in total. The minimum atomic E-state index is -4.74. The van der Waals surface area contributed by atoms with Crippen LogP contribution < -0.4 is 5.32 Å². The van der Waals surface area contributed by atoms with Crippen LogP contribution in [0.2, 0.25) is 5.02 Å². The predicted molar refractivity (Wildman–Crippen MR) is 138 cm³/mol. The smallest absolute Gasteiger partial charge is 0.339 e. The van der Waals surface area contributed by atoms with Crippen molar-refractivity contribution in [3.8, 4) is 17.3 Å². The highest BCUT2D eigenvalue weighted by molar-refractivity contribution is 6.34. The van der Waals surface area contributed by atoms with Gasteiger partial charge in [-0.25, -0.2) is 9.97 Å². The standard InChI is InChI=1S/C25H21ClF3N9O2/c1-15(39)35-8-10-36(11-9-35)24(40)17-3-2-16(12-19(17)26)33-22-23-32-13-20(38(23)7-5-31-22)18-14-37(6-4-30)34-21(18)25(27,28)29/h2-3,5,7,12-14H,6,8-11H2,1H3,(H,31,33). The van der Waals surface area contributed by atoms with Gasteiger partial charge in [-0.05, 0) is 18.2 Å². The number of carbonyl (C=O) groups is 2. The normalized spacial score (nSPS) is 13.9. The number of alkyl halides is 3. The van der Waals surface area contributed by atoms with Crippen molar-refractivity contribution in [1.82, 2.24) is 33.9 Å². The molecule has 2 amide bonds. The van der Waals surface area contributed by atoms with Crippen molar-refractivity contribution in [3.05, 3.63) is 59.3 Å². The fourth-order valence-electron chi connectivity index (χ4n) is 4.48. The van der Waals surface area contributed by atoms with Crippen LogP contribution in [0.25, 0.3) is 16.9 Å². The third-order valence-electron chi connectivity index (χ3n) is 6.44. The van der Waals surface area contributed by atoms with Gasteiger partial charge in [0, 0.05) is 57.4 Å². The number of nitriles is 1. The van der Waals surface area contributed by atoms with E-state index in [0.29, 0.717) is 37.4 Å². The number of carbonyl (C=O) groups excluding carboxylic acids is 2. The highest BCUT2D eigenvalue weighted by Gasteiger charge is 2.38. The number of nitrogens with zero attached hydrogens (tertiary/aromatic N) is 8. The maximum atomic E-state index is 13.7. The monoisotopic (exact) mass is 571 g/mol. The number of hydrogen-bond donors (Lipinski definition) is 1. The van der Waals surface area contributed by atoms with E-state index < -0.39 is 11.9 Å². The van der Waals surface area contributed by atoms with Crippen LogP contribution in [0.15, 0.2) is 43.0 Å². The minimum Gasteiger partial charge on any atom is -0.339 e. The van der Waals surface area contributed by atoms with Crippen molar-refractivity contribution in [2.45, 2.75) is 19.6 Å². The zero-order chi connectivity index (χ0) is 28.6. The average molecular weight is 572 g/mol. The summed E-state index contributed by atoms with van der Waals surface area (Å²) in [6, 6.07) is 6.52. The second-order valence-corrected chi connectivity index (χ2v) is 9.38. The van der Waals surface area contributed by atoms with Crippen LogP contribution in [-0.2, 0) is 17.5 Å². The van der Waals surface area contributed by atoms with E-state index in [-0.39, 0.29) is 46.1 Å². The van der Waals surface area contributed by atoms with E-state index in [2.05, 4.69) is 20.4 Å². The van der Waals surface area contributed by atoms with Gasteiger partial charge in [-0.1, -0.05) is 11.6 Å². The highest BCUT2D eigenvalue weighted by Crippen LogP contribution is 2.37. The molecule has 1 aromatic carbocycles. The van der Waals surface area contributed by atoms with E-state index in [1.165, 1.54) is 29.9 Å². The Hall–Kier alpha value is -4.64. The first kappa shape index (κ1) is 26.9. The number of fused-ring (bicyclic) bond motifs is 1. The molecule has 1 aliphatic heterocycles. The molecule has 0 saturated carbocycles. The van der Waals surface area contributed by atoms with E-state index in [4.69, 9.17) is 16.9 Å². The zero-order valence-electron chi connectivity index (χ0n) is 21.0. The number of nitrogens with one attached hydrogen (secondary N) is 1. The Morgan fingerprint density at radius 3 is 2.52 bits per heavy atom. The van der Waals surface area contributed by atoms with E-state index in [0.717, 1.165) is 10.9 Å². The second-order valence-electron chi connectivity index (χ2n) is 8.98. The third-order valence-corrected chi connectivity index (χ3v) is 6.75. The Morgan fingerprint density at radius 1 is 1.15 bits per heavy atom. The molecular weight excluding hydrogens is 551 g/mol. The molecular formula is C25H21ClF3N9O2. The van der Waals surface area contributed by atoms with Gasteiger partial charge in [0.25, 0.3) is 5.91 Å². The molecule has 5 rings (SSSR count). The van der Waals surface area contributed by atoms with Crippen molar-refractivity contribution in [1.29, 1.82) is 5.26 Å². The molecule has 1 fully saturated rings. The zero-order valence-corrected chi connectivity index (χ0v) is 21.7. The van der Waals surface area contributed by atoms with Crippen LogP contribution in [0.5, 0.6) is 0 Å². The van der Waals surface area contributed by atoms with Crippen LogP contribution in [-0.4, -0.2) is 71.9 Å². The first-order valence-electron chi connectivity index (χ1n) is 12.0. The van der Waals surface area contributed by atoms with Crippen molar-refractivity contribution in [2.24, 2.45) is 0 Å². The van der Waals surface area contributed by atoms with E-state index in [1.807, 2.05) is 0 Å². The van der Waals surface area contributed by atoms with Crippen LogP contribution in [0.1, 0.15) is 23.0 Å². The van der Waals surface area contributed by atoms with Crippen LogP contribution >= 0.6 is 11.6 Å². The molecule has 0 atom stereocenters. The fourth-order valence-corrected chi connectivity index (χ4v) is 4.74. The number of imidazole rings is 1. The van der Waals surface area contributed by atoms with Gasteiger partial charge < -0.3 is 15.1 Å². The molecule has 15 heteroatoms. The molecule has 1 saturated heterocycles. The largest absolute Gasteiger partial charge is 0.435 e. The summed E-state index contributed by atoms with van der Waals surface area (Å²) in [5.74, 6) is -0.0545. The molecule has 1 N–H and O–H groups in total. The van der Waals surface area contributed by atoms with Crippen molar-refractivity contribution in [3.63, 3.8) is 0 Å². The van der Waals surface area contributed by atoms with E-state index in [9.17, 15) is 22.8 Å². The first-order chi connectivity index (χ1) is 19.1. The van der Waals surface area contributed by atoms with Crippen LogP contribution in [0, 0.1) is 11.3 Å². The number of amides is 2. The summed E-state index contributed by atoms with van der Waals surface area (Å²) in [4.78, 5) is 36.4. The lowest BCUT2D eigenvalue weighted by molar-refractivity contribution is -0.141. The van der Waals surface area contributed by atoms with E-state index >= 15 is 0 Å². The lowest BCUT2D eigenvalue weighted by Gasteiger charge is -2.34. The minimum absolute atomic E-state index is 0.0383. The molecule has 0 bridgehead atoms. The van der Waals surface area contributed by atoms with Gasteiger partial charge in [0.1, 0.15) is 6.54 Å². The summed E-state index contributed by atoms with van der Waals surface area (Å²) in [5.41, 5.74) is -0.245. The quantitative estimate of drug-likeness (QED) is 0.386. The van der Waals surface area contributed by atoms with Crippen LogP contribution in [0.3, 0.4) is 0 Å². The van der Waals surface area contributed by atoms with Gasteiger partial charge >= 0.3 is 6.18 Å². The Labute approximate surface area is 230 Å². The molecule has 3 aromatic heterocycles. The maximum absolute atomic E-state index is 13.7. The summed E-state index contributed by atoms with van der Waals surface area (Å²) in [7, 11) is 0. The molecule has 0 spiro atoms. The topological polar surface area (TPSA) is 124 Å². The molecule has 0 radical (unpaired) electrons. The first-order valence-corrected chi connectivity index (χ1v) is 12.4. The fraction of sp³-hybridized carbons (Fsp3) is 0.280. The third kappa shape index (κ3) is 5.15. The van der Waals surface area contributed by atoms with Crippen molar-refractivity contribution >= 4 is 40.6 Å². The summed E-state index contributed by atoms with van der Waals surface area (Å²) >= 11 is 6.45. The number of rotatable bonds is 5. The number of halogens is 4. The van der Waals surface area contributed by atoms with E-state index in [1.54, 1.807) is 34.1 Å². The Morgan fingerprint density at radius 2 is 1.88 bits per heavy atom. The van der Waals surface area contributed by atoms with Gasteiger partial charge in [-0.3, -0.25) is 18.7 Å². The number of aromatic nitrogens is 5. The SMILES string of the molecule is CC(=O)N1CCN(C(=O)c2ccc(Nc3nccn4c(-c5cn(CC#N)nc5C(F)(F)F)cnc34)cc2Cl)CC1. The number of benzene rings is 1. The van der Waals surface area contributed by atoms with Gasteiger partial charge in [-0.2, -0.15) is 23.5 Å². The van der Waals surface area contributed by atoms with Crippen molar-refractivity contribution < 1.29 is 22.8 Å². The molecule has 1 aliphatic rings. The Kier molecular flexibility index (Phi) is 7.07. The molecule has 0 aliphatic carbocycles. The second kappa shape index (κ2) is 10.5. The predicted octanol–water partition coefficient (Wildman–Crippen LogP) is 3.84. The lowest BCUT2D eigenvalue weighted by Crippen LogP contribution is -2.50. The van der Waals surface area contributed by atoms with Crippen molar-refractivity contribution in [2.75, 3.05) is 31.5 Å². The van der Waals surface area contributed by atoms with Crippen LogP contribution in [0.4, 0.5) is 24.7 Å². The lowest BCUT2D eigenvalue weighted by atomic mass is 10.1. The molecule has 206 valence electrons. The summed E-state index contributed by atoms with van der Waals surface area (Å²) in [5, 5.41) is 15.7. The van der Waals surface area contributed by atoms with Gasteiger partial charge in [-0.15, -0.1) is 0 Å². The Bertz CT molecular complexity index is 1650. The molecule has 0 unspecified atom stereocenters. The van der Waals surface area contributed by atoms with Gasteiger partial charge in [0.2, 0.25) is 5.91 Å². The number of anilines is 2. The maximum Gasteiger partial charge on any atom is 0.435 e. The summed E-state index contributed by atoms with van der Waals surface area (Å²) < 4.78 is 43.4. The van der Waals surface area contributed by atoms with Gasteiger partial charge in [0.05, 0.1) is 34.1 Å². The summed E-state index contributed by atoms with van der Waals surface area (Å²) in [6.07, 6.45) is 0.536. The Balaban J connectivity index is 1.40. The average Bonchev–Trinajstić information content (AvgIpc) is 3.54.